The van der Waals surface area contributed by atoms with Crippen LogP contribution in [0, 0.1) is 0 Å². The molecule has 0 N–H and O–H groups in total. The van der Waals surface area contributed by atoms with Gasteiger partial charge in [-0.05, 0) is 53.5 Å². The zero-order valence-electron chi connectivity index (χ0n) is 16.3. The lowest BCUT2D eigenvalue weighted by atomic mass is 10.1. The Labute approximate surface area is 162 Å². The third-order valence-electron chi connectivity index (χ3n) is 4.53. The minimum atomic E-state index is 0.954. The molecule has 27 heavy (non-hydrogen) atoms. The third-order valence-corrected chi connectivity index (χ3v) is 4.53. The standard InChI is InChI=1S/C25H26N2/c1-20(24-8-6-5-7-9-24)19-27-17-16-23(18-21(27)2)11-10-22-12-14-25(15-13-22)26(3)4/h5-19H,2H2,1,3-4H3/b11-10+,20-19+. The fourth-order valence-electron chi connectivity index (χ4n) is 2.87. The topological polar surface area (TPSA) is 6.48 Å². The summed E-state index contributed by atoms with van der Waals surface area (Å²) in [5, 5.41) is 0. The molecule has 136 valence electrons. The van der Waals surface area contributed by atoms with E-state index in [1.165, 1.54) is 22.4 Å². The highest BCUT2D eigenvalue weighted by Crippen LogP contribution is 2.22. The molecule has 1 heterocycles. The molecule has 1 aliphatic heterocycles. The van der Waals surface area contributed by atoms with Crippen molar-refractivity contribution in [3.05, 3.63) is 114 Å². The van der Waals surface area contributed by atoms with E-state index in [1.807, 2.05) is 20.2 Å². The van der Waals surface area contributed by atoms with E-state index in [9.17, 15) is 0 Å². The molecule has 1 aliphatic rings. The summed E-state index contributed by atoms with van der Waals surface area (Å²) in [5.41, 5.74) is 6.90. The van der Waals surface area contributed by atoms with Crippen LogP contribution in [-0.2, 0) is 0 Å². The van der Waals surface area contributed by atoms with E-state index in [0.717, 1.165) is 11.3 Å². The van der Waals surface area contributed by atoms with Gasteiger partial charge < -0.3 is 9.80 Å². The van der Waals surface area contributed by atoms with E-state index in [1.54, 1.807) is 0 Å². The average molecular weight is 354 g/mol. The molecule has 2 nitrogen and oxygen atoms in total. The van der Waals surface area contributed by atoms with E-state index >= 15 is 0 Å². The molecule has 2 aromatic rings. The maximum atomic E-state index is 4.19. The molecule has 3 rings (SSSR count). The highest BCUT2D eigenvalue weighted by atomic mass is 15.1. The van der Waals surface area contributed by atoms with Gasteiger partial charge in [0, 0.05) is 37.9 Å². The Morgan fingerprint density at radius 2 is 1.67 bits per heavy atom. The zero-order chi connectivity index (χ0) is 19.2. The summed E-state index contributed by atoms with van der Waals surface area (Å²) < 4.78 is 0. The van der Waals surface area contributed by atoms with Crippen molar-refractivity contribution in [1.29, 1.82) is 0 Å². The lowest BCUT2D eigenvalue weighted by Crippen LogP contribution is -2.10. The van der Waals surface area contributed by atoms with Gasteiger partial charge in [-0.2, -0.15) is 0 Å². The summed E-state index contributed by atoms with van der Waals surface area (Å²) in [6.07, 6.45) is 12.6. The molecular weight excluding hydrogens is 328 g/mol. The second-order valence-corrected chi connectivity index (χ2v) is 6.86. The van der Waals surface area contributed by atoms with Crippen molar-refractivity contribution in [3.63, 3.8) is 0 Å². The van der Waals surface area contributed by atoms with Crippen molar-refractivity contribution in [2.24, 2.45) is 0 Å². The molecule has 2 heteroatoms. The SMILES string of the molecule is C=C1C=C(/C=C/c2ccc(N(C)C)cc2)C=CN1/C=C(\C)c1ccccc1. The largest absolute Gasteiger partial charge is 0.378 e. The molecule has 0 fully saturated rings. The number of allylic oxidation sites excluding steroid dienone is 5. The van der Waals surface area contributed by atoms with Crippen molar-refractivity contribution < 1.29 is 0 Å². The van der Waals surface area contributed by atoms with Crippen LogP contribution in [0.4, 0.5) is 5.69 Å². The highest BCUT2D eigenvalue weighted by molar-refractivity contribution is 5.64. The minimum Gasteiger partial charge on any atom is -0.378 e. The van der Waals surface area contributed by atoms with Crippen LogP contribution in [0.15, 0.2) is 103 Å². The van der Waals surface area contributed by atoms with Crippen LogP contribution in [-0.4, -0.2) is 19.0 Å². The van der Waals surface area contributed by atoms with Gasteiger partial charge in [0.1, 0.15) is 0 Å². The van der Waals surface area contributed by atoms with Crippen molar-refractivity contribution in [2.45, 2.75) is 6.92 Å². The lowest BCUT2D eigenvalue weighted by molar-refractivity contribution is 0.648. The summed E-state index contributed by atoms with van der Waals surface area (Å²) in [6.45, 7) is 6.31. The molecule has 0 spiro atoms. The van der Waals surface area contributed by atoms with E-state index in [2.05, 4.69) is 109 Å². The fraction of sp³-hybridized carbons (Fsp3) is 0.120. The quantitative estimate of drug-likeness (QED) is 0.640. The summed E-state index contributed by atoms with van der Waals surface area (Å²) >= 11 is 0. The molecule has 2 aromatic carbocycles. The molecule has 0 aliphatic carbocycles. The van der Waals surface area contributed by atoms with Crippen LogP contribution in [0.5, 0.6) is 0 Å². The monoisotopic (exact) mass is 354 g/mol. The molecule has 0 unspecified atom stereocenters. The predicted molar refractivity (Wildman–Crippen MR) is 118 cm³/mol. The van der Waals surface area contributed by atoms with Crippen LogP contribution >= 0.6 is 0 Å². The van der Waals surface area contributed by atoms with Gasteiger partial charge in [-0.25, -0.2) is 0 Å². The Morgan fingerprint density at radius 3 is 2.30 bits per heavy atom. The predicted octanol–water partition coefficient (Wildman–Crippen LogP) is 6.10. The second-order valence-electron chi connectivity index (χ2n) is 6.86. The molecule has 0 saturated carbocycles. The van der Waals surface area contributed by atoms with Crippen molar-refractivity contribution >= 4 is 17.3 Å². The number of hydrogen-bond acceptors (Lipinski definition) is 2. The minimum absolute atomic E-state index is 0.954. The summed E-state index contributed by atoms with van der Waals surface area (Å²) in [5.74, 6) is 0. The summed E-state index contributed by atoms with van der Waals surface area (Å²) in [4.78, 5) is 4.16. The summed E-state index contributed by atoms with van der Waals surface area (Å²) in [6, 6.07) is 18.9. The van der Waals surface area contributed by atoms with Crippen LogP contribution in [0.3, 0.4) is 0 Å². The molecule has 0 amide bonds. The number of nitrogens with zero attached hydrogens (tertiary/aromatic N) is 2. The van der Waals surface area contributed by atoms with E-state index in [4.69, 9.17) is 0 Å². The molecule has 0 radical (unpaired) electrons. The van der Waals surface area contributed by atoms with Crippen LogP contribution in [0.2, 0.25) is 0 Å². The van der Waals surface area contributed by atoms with Gasteiger partial charge in [-0.15, -0.1) is 0 Å². The Morgan fingerprint density at radius 1 is 0.963 bits per heavy atom. The third kappa shape index (κ3) is 4.89. The van der Waals surface area contributed by atoms with E-state index in [-0.39, 0.29) is 0 Å². The number of benzene rings is 2. The average Bonchev–Trinajstić information content (AvgIpc) is 2.69. The number of rotatable bonds is 5. The van der Waals surface area contributed by atoms with Gasteiger partial charge in [0.05, 0.1) is 0 Å². The lowest BCUT2D eigenvalue weighted by Gasteiger charge is -2.21. The Bertz CT molecular complexity index is 911. The second kappa shape index (κ2) is 8.41. The van der Waals surface area contributed by atoms with E-state index < -0.39 is 0 Å². The molecule has 0 bridgehead atoms. The first-order chi connectivity index (χ1) is 13.0. The van der Waals surface area contributed by atoms with Crippen molar-refractivity contribution in [3.8, 4) is 0 Å². The van der Waals surface area contributed by atoms with Crippen molar-refractivity contribution in [2.75, 3.05) is 19.0 Å². The summed E-state index contributed by atoms with van der Waals surface area (Å²) in [7, 11) is 4.10. The van der Waals surface area contributed by atoms with Gasteiger partial charge in [-0.1, -0.05) is 61.2 Å². The molecule has 0 saturated heterocycles. The van der Waals surface area contributed by atoms with Gasteiger partial charge >= 0.3 is 0 Å². The first-order valence-corrected chi connectivity index (χ1v) is 9.09. The number of hydrogen-bond donors (Lipinski definition) is 0. The molecule has 0 atom stereocenters. The van der Waals surface area contributed by atoms with Crippen molar-refractivity contribution in [1.82, 2.24) is 4.90 Å². The fourth-order valence-corrected chi connectivity index (χ4v) is 2.87. The number of anilines is 1. The molecule has 0 aromatic heterocycles. The Hall–Kier alpha value is -3.26. The van der Waals surface area contributed by atoms with Crippen LogP contribution in [0.1, 0.15) is 18.1 Å². The van der Waals surface area contributed by atoms with Gasteiger partial charge in [0.15, 0.2) is 0 Å². The van der Waals surface area contributed by atoms with Gasteiger partial charge in [-0.3, -0.25) is 0 Å². The Kier molecular flexibility index (Phi) is 5.77. The van der Waals surface area contributed by atoms with Gasteiger partial charge in [0.25, 0.3) is 0 Å². The maximum Gasteiger partial charge on any atom is 0.0383 e. The van der Waals surface area contributed by atoms with Crippen LogP contribution < -0.4 is 4.90 Å². The first kappa shape index (κ1) is 18.5. The molecular formula is C25H26N2. The highest BCUT2D eigenvalue weighted by Gasteiger charge is 2.06. The zero-order valence-corrected chi connectivity index (χ0v) is 16.3. The Balaban J connectivity index is 1.68. The van der Waals surface area contributed by atoms with Crippen LogP contribution in [0.25, 0.3) is 11.6 Å². The van der Waals surface area contributed by atoms with E-state index in [0.29, 0.717) is 0 Å². The first-order valence-electron chi connectivity index (χ1n) is 9.09. The maximum absolute atomic E-state index is 4.19. The smallest absolute Gasteiger partial charge is 0.0383 e. The van der Waals surface area contributed by atoms with Gasteiger partial charge in [0.2, 0.25) is 0 Å². The normalized spacial score (nSPS) is 14.6.